The largest absolute Gasteiger partial charge is 0.489 e. The van der Waals surface area contributed by atoms with Crippen LogP contribution in [0.2, 0.25) is 0 Å². The summed E-state index contributed by atoms with van der Waals surface area (Å²) in [6.45, 7) is 0.331. The van der Waals surface area contributed by atoms with Crippen molar-refractivity contribution in [2.24, 2.45) is 7.05 Å². The minimum atomic E-state index is -0.294. The van der Waals surface area contributed by atoms with E-state index in [0.717, 1.165) is 11.3 Å². The molecule has 0 saturated heterocycles. The van der Waals surface area contributed by atoms with Gasteiger partial charge in [0.15, 0.2) is 0 Å². The Bertz CT molecular complexity index is 1070. The van der Waals surface area contributed by atoms with E-state index in [2.05, 4.69) is 21.9 Å². The number of aromatic nitrogens is 4. The molecule has 0 saturated carbocycles. The van der Waals surface area contributed by atoms with E-state index >= 15 is 0 Å². The van der Waals surface area contributed by atoms with E-state index in [0.29, 0.717) is 12.3 Å². The first-order valence-corrected chi connectivity index (χ1v) is 8.94. The molecule has 0 N–H and O–H groups in total. The van der Waals surface area contributed by atoms with Crippen LogP contribution in [0.1, 0.15) is 5.56 Å². The third-order valence-corrected chi connectivity index (χ3v) is 4.91. The topological polar surface area (TPSA) is 61.9 Å². The van der Waals surface area contributed by atoms with Gasteiger partial charge in [0.25, 0.3) is 0 Å². The Morgan fingerprint density at radius 2 is 1.81 bits per heavy atom. The van der Waals surface area contributed by atoms with E-state index < -0.39 is 0 Å². The van der Waals surface area contributed by atoms with Crippen molar-refractivity contribution in [2.45, 2.75) is 6.61 Å². The Kier molecular flexibility index (Phi) is 4.37. The van der Waals surface area contributed by atoms with Crippen LogP contribution in [0.15, 0.2) is 70.8 Å². The van der Waals surface area contributed by atoms with E-state index in [1.54, 1.807) is 18.4 Å². The molecule has 2 aromatic heterocycles. The number of hydrogen-bond acceptors (Lipinski definition) is 5. The Hall–Kier alpha value is -3.19. The summed E-state index contributed by atoms with van der Waals surface area (Å²) in [6, 6.07) is 19.6. The zero-order chi connectivity index (χ0) is 17.9. The van der Waals surface area contributed by atoms with Crippen molar-refractivity contribution in [1.29, 1.82) is 0 Å². The maximum Gasteiger partial charge on any atom is 0.368 e. The second kappa shape index (κ2) is 6.97. The first-order valence-electron chi connectivity index (χ1n) is 8.06. The average Bonchev–Trinajstić information content (AvgIpc) is 3.32. The van der Waals surface area contributed by atoms with Gasteiger partial charge in [-0.05, 0) is 57.8 Å². The van der Waals surface area contributed by atoms with Gasteiger partial charge in [-0.3, -0.25) is 0 Å². The highest BCUT2D eigenvalue weighted by Gasteiger charge is 2.11. The monoisotopic (exact) mass is 364 g/mol. The summed E-state index contributed by atoms with van der Waals surface area (Å²) in [7, 11) is 1.57. The second-order valence-electron chi connectivity index (χ2n) is 5.72. The number of tetrazole rings is 1. The molecule has 0 unspecified atom stereocenters. The summed E-state index contributed by atoms with van der Waals surface area (Å²) >= 11 is 1.71. The van der Waals surface area contributed by atoms with Crippen LogP contribution in [0, 0.1) is 0 Å². The average molecular weight is 364 g/mol. The van der Waals surface area contributed by atoms with Crippen LogP contribution in [0.25, 0.3) is 16.1 Å². The van der Waals surface area contributed by atoms with E-state index in [9.17, 15) is 4.79 Å². The van der Waals surface area contributed by atoms with Crippen LogP contribution < -0.4 is 10.4 Å². The molecule has 0 aliphatic heterocycles. The molecule has 0 aliphatic carbocycles. The van der Waals surface area contributed by atoms with Crippen molar-refractivity contribution >= 4 is 11.3 Å². The lowest BCUT2D eigenvalue weighted by Gasteiger charge is -2.10. The van der Waals surface area contributed by atoms with E-state index in [4.69, 9.17) is 4.74 Å². The highest BCUT2D eigenvalue weighted by molar-refractivity contribution is 7.13. The first kappa shape index (κ1) is 16.3. The van der Waals surface area contributed by atoms with E-state index in [1.807, 2.05) is 54.6 Å². The Balaban J connectivity index is 1.54. The lowest BCUT2D eigenvalue weighted by molar-refractivity contribution is 0.305. The highest BCUT2D eigenvalue weighted by Crippen LogP contribution is 2.26. The van der Waals surface area contributed by atoms with E-state index in [1.165, 1.54) is 19.8 Å². The normalized spacial score (nSPS) is 10.8. The molecule has 4 aromatic rings. The molecule has 0 spiro atoms. The Labute approximate surface area is 153 Å². The first-order chi connectivity index (χ1) is 12.7. The summed E-state index contributed by atoms with van der Waals surface area (Å²) < 4.78 is 8.38. The minimum Gasteiger partial charge on any atom is -0.489 e. The zero-order valence-corrected chi connectivity index (χ0v) is 14.9. The number of ether oxygens (including phenoxy) is 1. The number of hydrogen-bond donors (Lipinski definition) is 0. The molecule has 4 rings (SSSR count). The molecule has 7 heteroatoms. The van der Waals surface area contributed by atoms with Crippen LogP contribution >= 0.6 is 11.3 Å². The van der Waals surface area contributed by atoms with Crippen LogP contribution in [-0.4, -0.2) is 19.8 Å². The lowest BCUT2D eigenvalue weighted by atomic mass is 10.2. The Morgan fingerprint density at radius 1 is 1.00 bits per heavy atom. The maximum atomic E-state index is 12.1. The number of rotatable bonds is 5. The highest BCUT2D eigenvalue weighted by atomic mass is 32.1. The Morgan fingerprint density at radius 3 is 2.50 bits per heavy atom. The molecule has 0 fully saturated rings. The summed E-state index contributed by atoms with van der Waals surface area (Å²) in [4.78, 5) is 13.3. The molecule has 0 radical (unpaired) electrons. The van der Waals surface area contributed by atoms with E-state index in [-0.39, 0.29) is 5.69 Å². The van der Waals surface area contributed by atoms with Crippen molar-refractivity contribution in [3.05, 3.63) is 82.1 Å². The molecule has 2 heterocycles. The van der Waals surface area contributed by atoms with Crippen LogP contribution in [0.3, 0.4) is 0 Å². The molecule has 0 atom stereocenters. The van der Waals surface area contributed by atoms with Gasteiger partial charge in [0.05, 0.1) is 5.69 Å². The van der Waals surface area contributed by atoms with Gasteiger partial charge in [-0.1, -0.05) is 24.3 Å². The van der Waals surface area contributed by atoms with Crippen LogP contribution in [0.4, 0.5) is 0 Å². The van der Waals surface area contributed by atoms with Crippen LogP contribution in [0.5, 0.6) is 5.75 Å². The molecule has 6 nitrogen and oxygen atoms in total. The molecule has 2 aromatic carbocycles. The van der Waals surface area contributed by atoms with Gasteiger partial charge < -0.3 is 4.74 Å². The van der Waals surface area contributed by atoms with Gasteiger partial charge in [-0.15, -0.1) is 11.3 Å². The quantitative estimate of drug-likeness (QED) is 0.545. The predicted molar refractivity (Wildman–Crippen MR) is 101 cm³/mol. The van der Waals surface area contributed by atoms with Gasteiger partial charge in [-0.25, -0.2) is 4.79 Å². The SMILES string of the molecule is Cn1nnn(-c2ccccc2COc2ccc(-c3cccs3)cc2)c1=O. The number of aryl methyl sites for hydroxylation is 1. The van der Waals surface area contributed by atoms with Gasteiger partial charge in [0.1, 0.15) is 12.4 Å². The predicted octanol–water partition coefficient (Wildman–Crippen LogP) is 3.27. The molecule has 0 aliphatic rings. The van der Waals surface area contributed by atoms with Crippen molar-refractivity contribution in [1.82, 2.24) is 19.8 Å². The van der Waals surface area contributed by atoms with Crippen molar-refractivity contribution < 1.29 is 4.74 Å². The summed E-state index contributed by atoms with van der Waals surface area (Å²) in [6.07, 6.45) is 0. The zero-order valence-electron chi connectivity index (χ0n) is 14.1. The van der Waals surface area contributed by atoms with Gasteiger partial charge in [0.2, 0.25) is 0 Å². The molecule has 26 heavy (non-hydrogen) atoms. The molecular weight excluding hydrogens is 348 g/mol. The molecular formula is C19H16N4O2S. The third kappa shape index (κ3) is 3.16. The van der Waals surface area contributed by atoms with Crippen LogP contribution in [-0.2, 0) is 13.7 Å². The minimum absolute atomic E-state index is 0.294. The third-order valence-electron chi connectivity index (χ3n) is 4.00. The number of thiophene rings is 1. The fraction of sp³-hybridized carbons (Fsp3) is 0.105. The molecule has 0 amide bonds. The lowest BCUT2D eigenvalue weighted by Crippen LogP contribution is -2.23. The van der Waals surface area contributed by atoms with Crippen molar-refractivity contribution in [3.63, 3.8) is 0 Å². The van der Waals surface area contributed by atoms with Crippen molar-refractivity contribution in [2.75, 3.05) is 0 Å². The van der Waals surface area contributed by atoms with Gasteiger partial charge in [0, 0.05) is 17.5 Å². The molecule has 0 bridgehead atoms. The number of para-hydroxylation sites is 1. The maximum absolute atomic E-state index is 12.1. The standard InChI is InChI=1S/C19H16N4O2S/c1-22-19(24)23(21-20-22)17-6-3-2-5-15(17)13-25-16-10-8-14(9-11-16)18-7-4-12-26-18/h2-12H,13H2,1H3. The summed E-state index contributed by atoms with van der Waals surface area (Å²) in [5.41, 5.74) is 2.40. The van der Waals surface area contributed by atoms with Gasteiger partial charge >= 0.3 is 5.69 Å². The smallest absolute Gasteiger partial charge is 0.368 e. The molecule has 130 valence electrons. The van der Waals surface area contributed by atoms with Crippen molar-refractivity contribution in [3.8, 4) is 21.9 Å². The fourth-order valence-corrected chi connectivity index (χ4v) is 3.36. The number of nitrogens with zero attached hydrogens (tertiary/aromatic N) is 4. The van der Waals surface area contributed by atoms with Gasteiger partial charge in [-0.2, -0.15) is 9.36 Å². The second-order valence-corrected chi connectivity index (χ2v) is 6.66. The fourth-order valence-electron chi connectivity index (χ4n) is 2.62. The summed E-state index contributed by atoms with van der Waals surface area (Å²) in [5.74, 6) is 0.770. The number of benzene rings is 2. The summed E-state index contributed by atoms with van der Waals surface area (Å²) in [5, 5.41) is 9.73.